The fraction of sp³-hybridized carbons (Fsp3) is 0.321. The maximum absolute atomic E-state index is 12.9. The van der Waals surface area contributed by atoms with E-state index in [1.165, 1.54) is 17.7 Å². The predicted octanol–water partition coefficient (Wildman–Crippen LogP) is 6.90. The zero-order valence-corrected chi connectivity index (χ0v) is 20.4. The fourth-order valence-corrected chi connectivity index (χ4v) is 3.93. The van der Waals surface area contributed by atoms with Gasteiger partial charge >= 0.3 is 5.63 Å². The molecule has 2 heterocycles. The van der Waals surface area contributed by atoms with E-state index in [-0.39, 0.29) is 17.1 Å². The van der Waals surface area contributed by atoms with Crippen molar-refractivity contribution >= 4 is 17.0 Å². The molecule has 0 amide bonds. The molecule has 33 heavy (non-hydrogen) atoms. The molecule has 0 fully saturated rings. The van der Waals surface area contributed by atoms with Crippen LogP contribution in [0.5, 0.6) is 17.2 Å². The third kappa shape index (κ3) is 4.54. The minimum Gasteiger partial charge on any atom is -0.508 e. The molecule has 2 N–H and O–H groups in total. The molecule has 4 rings (SSSR count). The molecule has 5 nitrogen and oxygen atoms in total. The molecular weight excluding hydrogens is 416 g/mol. The summed E-state index contributed by atoms with van der Waals surface area (Å²) in [6, 6.07) is 6.10. The quantitative estimate of drug-likeness (QED) is 0.336. The monoisotopic (exact) mass is 448 g/mol. The summed E-state index contributed by atoms with van der Waals surface area (Å²) in [4.78, 5) is 12.9. The highest BCUT2D eigenvalue weighted by atomic mass is 16.5. The Hall–Kier alpha value is -3.47. The molecule has 0 spiro atoms. The van der Waals surface area contributed by atoms with Crippen molar-refractivity contribution < 1.29 is 19.4 Å². The molecular formula is C28H32O5. The molecule has 0 saturated heterocycles. The van der Waals surface area contributed by atoms with E-state index in [0.29, 0.717) is 34.3 Å². The second-order valence-electron chi connectivity index (χ2n) is 8.73. The van der Waals surface area contributed by atoms with Crippen LogP contribution in [0.2, 0.25) is 0 Å². The highest BCUT2D eigenvalue weighted by Gasteiger charge is 2.30. The fourth-order valence-electron chi connectivity index (χ4n) is 3.93. The zero-order chi connectivity index (χ0) is 24.5. The Morgan fingerprint density at radius 2 is 1.73 bits per heavy atom. The number of rotatable bonds is 3. The summed E-state index contributed by atoms with van der Waals surface area (Å²) >= 11 is 0. The van der Waals surface area contributed by atoms with Gasteiger partial charge in [-0.3, -0.25) is 0 Å². The molecule has 0 saturated carbocycles. The Bertz CT molecular complexity index is 1300. The number of phenols is 1. The lowest BCUT2D eigenvalue weighted by Gasteiger charge is -2.31. The van der Waals surface area contributed by atoms with Crippen LogP contribution in [0, 0.1) is 6.92 Å². The van der Waals surface area contributed by atoms with E-state index in [4.69, 9.17) is 9.15 Å². The SMILES string of the molecule is CC.CC(C)=CCc1c2c(c3oc(=O)c(-c4ccc(O)cc4)c(O)c3c1C)C=CC(C)(C)O2. The number of hydrogen-bond acceptors (Lipinski definition) is 5. The van der Waals surface area contributed by atoms with E-state index >= 15 is 0 Å². The zero-order valence-electron chi connectivity index (χ0n) is 20.4. The smallest absolute Gasteiger partial charge is 0.348 e. The maximum Gasteiger partial charge on any atom is 0.348 e. The predicted molar refractivity (Wildman–Crippen MR) is 134 cm³/mol. The first kappa shape index (κ1) is 24.2. The summed E-state index contributed by atoms with van der Waals surface area (Å²) in [5.41, 5.74) is 3.29. The van der Waals surface area contributed by atoms with E-state index in [0.717, 1.165) is 11.1 Å². The Balaban J connectivity index is 0.00000149. The summed E-state index contributed by atoms with van der Waals surface area (Å²) in [5.74, 6) is 0.622. The van der Waals surface area contributed by atoms with Gasteiger partial charge in [0.2, 0.25) is 0 Å². The standard InChI is InChI=1S/C26H26O5.C2H6/c1-14(2)6-11-18-15(3)20-22(28)21(16-7-9-17(27)10-8-16)25(29)30-24(20)19-12-13-26(4,5)31-23(18)19;1-2/h6-10,12-13,27-28H,11H2,1-5H3;1-2H3. The largest absolute Gasteiger partial charge is 0.508 e. The van der Waals surface area contributed by atoms with Gasteiger partial charge in [0.15, 0.2) is 5.58 Å². The van der Waals surface area contributed by atoms with Crippen LogP contribution in [0.25, 0.3) is 28.2 Å². The normalized spacial score (nSPS) is 13.5. The second-order valence-corrected chi connectivity index (χ2v) is 8.73. The number of benzene rings is 2. The summed E-state index contributed by atoms with van der Waals surface area (Å²) in [6.07, 6.45) is 6.55. The van der Waals surface area contributed by atoms with Gasteiger partial charge in [0.05, 0.1) is 10.9 Å². The number of phenolic OH excluding ortho intramolecular Hbond substituents is 1. The van der Waals surface area contributed by atoms with E-state index in [1.54, 1.807) is 12.1 Å². The van der Waals surface area contributed by atoms with Crippen molar-refractivity contribution in [3.05, 3.63) is 69.1 Å². The minimum atomic E-state index is -0.646. The van der Waals surface area contributed by atoms with Crippen molar-refractivity contribution in [2.75, 3.05) is 0 Å². The van der Waals surface area contributed by atoms with Crippen LogP contribution in [0.1, 0.15) is 58.2 Å². The molecule has 1 aliphatic heterocycles. The molecule has 174 valence electrons. The Kier molecular flexibility index (Phi) is 6.73. The number of aromatic hydroxyl groups is 2. The molecule has 0 atom stereocenters. The average Bonchev–Trinajstić information content (AvgIpc) is 2.75. The number of ether oxygens (including phenoxy) is 1. The van der Waals surface area contributed by atoms with Gasteiger partial charge in [-0.2, -0.15) is 0 Å². The Morgan fingerprint density at radius 1 is 1.09 bits per heavy atom. The van der Waals surface area contributed by atoms with Crippen molar-refractivity contribution in [1.82, 2.24) is 0 Å². The summed E-state index contributed by atoms with van der Waals surface area (Å²) in [6.45, 7) is 13.9. The van der Waals surface area contributed by atoms with Crippen molar-refractivity contribution in [2.24, 2.45) is 0 Å². The summed E-state index contributed by atoms with van der Waals surface area (Å²) in [5, 5.41) is 21.3. The highest BCUT2D eigenvalue weighted by Crippen LogP contribution is 2.45. The summed E-state index contributed by atoms with van der Waals surface area (Å²) in [7, 11) is 0. The lowest BCUT2D eigenvalue weighted by atomic mass is 9.90. The van der Waals surface area contributed by atoms with Gasteiger partial charge in [-0.1, -0.05) is 37.6 Å². The van der Waals surface area contributed by atoms with Crippen LogP contribution >= 0.6 is 0 Å². The molecule has 1 aliphatic rings. The highest BCUT2D eigenvalue weighted by molar-refractivity contribution is 6.00. The van der Waals surface area contributed by atoms with Gasteiger partial charge in [-0.25, -0.2) is 4.79 Å². The van der Waals surface area contributed by atoms with Crippen LogP contribution < -0.4 is 10.4 Å². The van der Waals surface area contributed by atoms with Gasteiger partial charge in [-0.15, -0.1) is 0 Å². The van der Waals surface area contributed by atoms with Gasteiger partial charge in [0, 0.05) is 5.56 Å². The van der Waals surface area contributed by atoms with Crippen molar-refractivity contribution in [3.8, 4) is 28.4 Å². The first-order valence-corrected chi connectivity index (χ1v) is 11.3. The lowest BCUT2D eigenvalue weighted by Crippen LogP contribution is -2.28. The van der Waals surface area contributed by atoms with Gasteiger partial charge in [0.25, 0.3) is 0 Å². The van der Waals surface area contributed by atoms with Gasteiger partial charge in [-0.05, 0) is 76.5 Å². The van der Waals surface area contributed by atoms with Gasteiger partial charge < -0.3 is 19.4 Å². The van der Waals surface area contributed by atoms with Crippen molar-refractivity contribution in [3.63, 3.8) is 0 Å². The third-order valence-corrected chi connectivity index (χ3v) is 5.58. The van der Waals surface area contributed by atoms with Crippen molar-refractivity contribution in [2.45, 2.75) is 60.5 Å². The van der Waals surface area contributed by atoms with E-state index in [9.17, 15) is 15.0 Å². The molecule has 0 aliphatic carbocycles. The number of fused-ring (bicyclic) bond motifs is 3. The first-order chi connectivity index (χ1) is 15.6. The number of hydrogen-bond donors (Lipinski definition) is 2. The molecule has 0 bridgehead atoms. The van der Waals surface area contributed by atoms with Crippen molar-refractivity contribution in [1.29, 1.82) is 0 Å². The molecule has 2 aromatic carbocycles. The minimum absolute atomic E-state index is 0.0738. The second kappa shape index (κ2) is 9.18. The Labute approximate surface area is 194 Å². The molecule has 5 heteroatoms. The van der Waals surface area contributed by atoms with Crippen LogP contribution in [0.3, 0.4) is 0 Å². The molecule has 0 unspecified atom stereocenters. The molecule has 3 aromatic rings. The lowest BCUT2D eigenvalue weighted by molar-refractivity contribution is 0.157. The van der Waals surface area contributed by atoms with Crippen LogP contribution in [0.15, 0.2) is 51.2 Å². The van der Waals surface area contributed by atoms with E-state index < -0.39 is 11.2 Å². The van der Waals surface area contributed by atoms with E-state index in [1.807, 2.05) is 60.6 Å². The van der Waals surface area contributed by atoms with Crippen LogP contribution in [-0.4, -0.2) is 15.8 Å². The van der Waals surface area contributed by atoms with Crippen LogP contribution in [-0.2, 0) is 6.42 Å². The number of aryl methyl sites for hydroxylation is 1. The van der Waals surface area contributed by atoms with E-state index in [2.05, 4.69) is 6.08 Å². The molecule has 0 radical (unpaired) electrons. The summed E-state index contributed by atoms with van der Waals surface area (Å²) < 4.78 is 12.1. The average molecular weight is 449 g/mol. The third-order valence-electron chi connectivity index (χ3n) is 5.58. The molecule has 1 aromatic heterocycles. The van der Waals surface area contributed by atoms with Crippen LogP contribution in [0.4, 0.5) is 0 Å². The maximum atomic E-state index is 12.9. The Morgan fingerprint density at radius 3 is 2.33 bits per heavy atom. The van der Waals surface area contributed by atoms with Gasteiger partial charge in [0.1, 0.15) is 28.4 Å². The number of allylic oxidation sites excluding steroid dienone is 2. The first-order valence-electron chi connectivity index (χ1n) is 11.3. The topological polar surface area (TPSA) is 79.9 Å².